The number of nitrogens with zero attached hydrogens (tertiary/aromatic N) is 5. The second-order valence-corrected chi connectivity index (χ2v) is 7.16. The summed E-state index contributed by atoms with van der Waals surface area (Å²) in [5.41, 5.74) is 0.0534. The normalized spacial score (nSPS) is 17.6. The molecule has 1 amide bonds. The number of carbonyl (C=O) groups is 1. The van der Waals surface area contributed by atoms with Crippen molar-refractivity contribution in [3.8, 4) is 0 Å². The maximum Gasteiger partial charge on any atom is 0.246 e. The number of carbonyl (C=O) groups excluding carboxylic acids is 1. The number of amides is 1. The highest BCUT2D eigenvalue weighted by Gasteiger charge is 2.21. The molecule has 7 nitrogen and oxygen atoms in total. The van der Waals surface area contributed by atoms with Gasteiger partial charge < -0.3 is 19.4 Å². The summed E-state index contributed by atoms with van der Waals surface area (Å²) in [5, 5.41) is 8.67. The fraction of sp³-hybridized carbons (Fsp3) is 0.381. The Kier molecular flexibility index (Phi) is 6.18. The predicted molar refractivity (Wildman–Crippen MR) is 109 cm³/mol. The Balaban J connectivity index is 1.31. The minimum atomic E-state index is -0.565. The van der Waals surface area contributed by atoms with Crippen LogP contribution in [0.15, 0.2) is 36.4 Å². The van der Waals surface area contributed by atoms with Crippen LogP contribution in [0.1, 0.15) is 5.56 Å². The molecule has 0 N–H and O–H groups in total. The number of morpholine rings is 1. The van der Waals surface area contributed by atoms with Crippen molar-refractivity contribution in [1.29, 1.82) is 0 Å². The SMILES string of the molecule is O=C(/C=C/c1cc(F)ccc1F)N1CCN(c2ccc(N3CCOCC3)nn2)CC1. The van der Waals surface area contributed by atoms with Gasteiger partial charge in [0.15, 0.2) is 11.6 Å². The maximum atomic E-state index is 13.7. The quantitative estimate of drug-likeness (QED) is 0.712. The Morgan fingerprint density at radius 3 is 2.17 bits per heavy atom. The van der Waals surface area contributed by atoms with Crippen molar-refractivity contribution in [2.75, 3.05) is 62.3 Å². The zero-order chi connectivity index (χ0) is 20.9. The minimum Gasteiger partial charge on any atom is -0.378 e. The van der Waals surface area contributed by atoms with E-state index in [9.17, 15) is 13.6 Å². The zero-order valence-corrected chi connectivity index (χ0v) is 16.5. The smallest absolute Gasteiger partial charge is 0.246 e. The van der Waals surface area contributed by atoms with Gasteiger partial charge in [-0.25, -0.2) is 8.78 Å². The van der Waals surface area contributed by atoms with Crippen molar-refractivity contribution in [2.24, 2.45) is 0 Å². The van der Waals surface area contributed by atoms with E-state index in [2.05, 4.69) is 20.0 Å². The molecule has 2 fully saturated rings. The standard InChI is InChI=1S/C21H23F2N5O2/c22-17-2-3-18(23)16(15-17)1-6-21(29)28-9-7-26(8-10-28)19-4-5-20(25-24-19)27-11-13-30-14-12-27/h1-6,15H,7-14H2/b6-1+. The van der Waals surface area contributed by atoms with E-state index in [-0.39, 0.29) is 11.5 Å². The highest BCUT2D eigenvalue weighted by molar-refractivity contribution is 5.92. The van der Waals surface area contributed by atoms with E-state index in [1.165, 1.54) is 12.2 Å². The van der Waals surface area contributed by atoms with Gasteiger partial charge in [0.05, 0.1) is 13.2 Å². The summed E-state index contributed by atoms with van der Waals surface area (Å²) in [5.74, 6) is 0.274. The van der Waals surface area contributed by atoms with E-state index in [1.807, 2.05) is 12.1 Å². The molecule has 0 radical (unpaired) electrons. The number of benzene rings is 1. The molecule has 2 aliphatic rings. The van der Waals surface area contributed by atoms with Gasteiger partial charge in [-0.05, 0) is 36.4 Å². The Bertz CT molecular complexity index is 908. The number of aromatic nitrogens is 2. The van der Waals surface area contributed by atoms with Crippen LogP contribution in [0.5, 0.6) is 0 Å². The Labute approximate surface area is 173 Å². The third-order valence-electron chi connectivity index (χ3n) is 5.25. The third kappa shape index (κ3) is 4.73. The monoisotopic (exact) mass is 415 g/mol. The average Bonchev–Trinajstić information content (AvgIpc) is 2.80. The topological polar surface area (TPSA) is 61.8 Å². The van der Waals surface area contributed by atoms with Gasteiger partial charge in [-0.3, -0.25) is 4.79 Å². The summed E-state index contributed by atoms with van der Waals surface area (Å²) < 4.78 is 32.3. The van der Waals surface area contributed by atoms with Gasteiger partial charge >= 0.3 is 0 Å². The molecule has 158 valence electrons. The summed E-state index contributed by atoms with van der Waals surface area (Å²) in [6, 6.07) is 7.06. The van der Waals surface area contributed by atoms with Gasteiger partial charge in [0.1, 0.15) is 11.6 Å². The Morgan fingerprint density at radius 1 is 0.900 bits per heavy atom. The second-order valence-electron chi connectivity index (χ2n) is 7.16. The molecule has 2 aliphatic heterocycles. The first-order valence-corrected chi connectivity index (χ1v) is 9.93. The summed E-state index contributed by atoms with van der Waals surface area (Å²) in [7, 11) is 0. The predicted octanol–water partition coefficient (Wildman–Crippen LogP) is 1.95. The van der Waals surface area contributed by atoms with E-state index in [0.717, 1.165) is 42.9 Å². The molecule has 0 atom stereocenters. The molecule has 1 aromatic carbocycles. The van der Waals surface area contributed by atoms with Crippen LogP contribution in [0.3, 0.4) is 0 Å². The summed E-state index contributed by atoms with van der Waals surface area (Å²) >= 11 is 0. The maximum absolute atomic E-state index is 13.7. The van der Waals surface area contributed by atoms with Crippen molar-refractivity contribution < 1.29 is 18.3 Å². The number of piperazine rings is 1. The molecule has 0 spiro atoms. The molecule has 2 aromatic rings. The van der Waals surface area contributed by atoms with Gasteiger partial charge in [0.2, 0.25) is 5.91 Å². The highest BCUT2D eigenvalue weighted by atomic mass is 19.1. The number of halogens is 2. The molecule has 1 aromatic heterocycles. The van der Waals surface area contributed by atoms with E-state index >= 15 is 0 Å². The lowest BCUT2D eigenvalue weighted by atomic mass is 10.2. The van der Waals surface area contributed by atoms with Gasteiger partial charge in [-0.1, -0.05) is 0 Å². The van der Waals surface area contributed by atoms with Crippen LogP contribution < -0.4 is 9.80 Å². The van der Waals surface area contributed by atoms with Crippen LogP contribution >= 0.6 is 0 Å². The Morgan fingerprint density at radius 2 is 1.53 bits per heavy atom. The number of hydrogen-bond acceptors (Lipinski definition) is 6. The van der Waals surface area contributed by atoms with Gasteiger partial charge in [-0.2, -0.15) is 0 Å². The molecule has 0 bridgehead atoms. The van der Waals surface area contributed by atoms with Crippen LogP contribution in [0, 0.1) is 11.6 Å². The molecule has 0 saturated carbocycles. The second kappa shape index (κ2) is 9.17. The average molecular weight is 415 g/mol. The van der Waals surface area contributed by atoms with Crippen LogP contribution in [0.25, 0.3) is 6.08 Å². The van der Waals surface area contributed by atoms with Crippen LogP contribution in [0.2, 0.25) is 0 Å². The lowest BCUT2D eigenvalue weighted by Crippen LogP contribution is -2.48. The first-order chi connectivity index (χ1) is 14.6. The van der Waals surface area contributed by atoms with Crippen LogP contribution in [0.4, 0.5) is 20.4 Å². The fourth-order valence-electron chi connectivity index (χ4n) is 3.51. The van der Waals surface area contributed by atoms with Gasteiger partial charge in [0, 0.05) is 50.9 Å². The minimum absolute atomic E-state index is 0.0534. The molecule has 4 rings (SSSR count). The van der Waals surface area contributed by atoms with Crippen molar-refractivity contribution >= 4 is 23.6 Å². The molecule has 2 saturated heterocycles. The summed E-state index contributed by atoms with van der Waals surface area (Å²) in [4.78, 5) is 18.3. The van der Waals surface area contributed by atoms with E-state index in [0.29, 0.717) is 39.4 Å². The summed E-state index contributed by atoms with van der Waals surface area (Å²) in [6.45, 7) is 5.28. The fourth-order valence-corrected chi connectivity index (χ4v) is 3.51. The van der Waals surface area contributed by atoms with Crippen molar-refractivity contribution in [3.05, 3.63) is 53.6 Å². The molecule has 3 heterocycles. The van der Waals surface area contributed by atoms with Crippen molar-refractivity contribution in [3.63, 3.8) is 0 Å². The lowest BCUT2D eigenvalue weighted by Gasteiger charge is -2.35. The highest BCUT2D eigenvalue weighted by Crippen LogP contribution is 2.18. The molecule has 30 heavy (non-hydrogen) atoms. The van der Waals surface area contributed by atoms with Gasteiger partial charge in [-0.15, -0.1) is 10.2 Å². The largest absolute Gasteiger partial charge is 0.378 e. The Hall–Kier alpha value is -3.07. The van der Waals surface area contributed by atoms with E-state index in [4.69, 9.17) is 4.74 Å². The molecule has 0 unspecified atom stereocenters. The summed E-state index contributed by atoms with van der Waals surface area (Å²) in [6.07, 6.45) is 2.59. The molecule has 0 aliphatic carbocycles. The van der Waals surface area contributed by atoms with Crippen LogP contribution in [-0.4, -0.2) is 73.5 Å². The van der Waals surface area contributed by atoms with E-state index in [1.54, 1.807) is 4.90 Å². The first kappa shape index (κ1) is 20.2. The number of anilines is 2. The lowest BCUT2D eigenvalue weighted by molar-refractivity contribution is -0.126. The van der Waals surface area contributed by atoms with Crippen LogP contribution in [-0.2, 0) is 9.53 Å². The molecular weight excluding hydrogens is 392 g/mol. The van der Waals surface area contributed by atoms with E-state index < -0.39 is 11.6 Å². The number of ether oxygens (including phenoxy) is 1. The van der Waals surface area contributed by atoms with Crippen molar-refractivity contribution in [2.45, 2.75) is 0 Å². The number of rotatable bonds is 4. The molecular formula is C21H23F2N5O2. The van der Waals surface area contributed by atoms with Crippen molar-refractivity contribution in [1.82, 2.24) is 15.1 Å². The number of hydrogen-bond donors (Lipinski definition) is 0. The first-order valence-electron chi connectivity index (χ1n) is 9.93. The third-order valence-corrected chi connectivity index (χ3v) is 5.25. The molecule has 9 heteroatoms. The zero-order valence-electron chi connectivity index (χ0n) is 16.5. The van der Waals surface area contributed by atoms with Gasteiger partial charge in [0.25, 0.3) is 0 Å².